The molecule has 4 nitrogen and oxygen atoms in total. The van der Waals surface area contributed by atoms with Crippen LogP contribution in [0, 0.1) is 13.8 Å². The van der Waals surface area contributed by atoms with Gasteiger partial charge in [0.1, 0.15) is 17.1 Å². The molecule has 0 saturated heterocycles. The van der Waals surface area contributed by atoms with E-state index < -0.39 is 0 Å². The molecular formula is C22H19NO3. The first kappa shape index (κ1) is 16.3. The Labute approximate surface area is 151 Å². The Morgan fingerprint density at radius 2 is 1.88 bits per heavy atom. The summed E-state index contributed by atoms with van der Waals surface area (Å²) in [5.74, 6) is 2.25. The van der Waals surface area contributed by atoms with Gasteiger partial charge in [0.25, 0.3) is 0 Å². The molecule has 0 aliphatic rings. The van der Waals surface area contributed by atoms with Crippen LogP contribution >= 0.6 is 0 Å². The third-order valence-corrected chi connectivity index (χ3v) is 4.47. The topological polar surface area (TPSA) is 56.2 Å². The summed E-state index contributed by atoms with van der Waals surface area (Å²) in [5.41, 5.74) is 4.44. The number of benzene rings is 2. The highest BCUT2D eigenvalue weighted by molar-refractivity contribution is 5.97. The van der Waals surface area contributed by atoms with Gasteiger partial charge in [-0.05, 0) is 57.2 Å². The van der Waals surface area contributed by atoms with E-state index in [1.54, 1.807) is 13.0 Å². The summed E-state index contributed by atoms with van der Waals surface area (Å²) in [6.07, 6.45) is 0.547. The minimum Gasteiger partial charge on any atom is -0.461 e. The lowest BCUT2D eigenvalue weighted by molar-refractivity contribution is 0.101. The van der Waals surface area contributed by atoms with Crippen molar-refractivity contribution in [1.29, 1.82) is 0 Å². The summed E-state index contributed by atoms with van der Waals surface area (Å²) in [6, 6.07) is 15.5. The lowest BCUT2D eigenvalue weighted by atomic mass is 10.1. The maximum absolute atomic E-state index is 11.5. The van der Waals surface area contributed by atoms with Crippen LogP contribution < -0.4 is 0 Å². The number of oxazole rings is 1. The highest BCUT2D eigenvalue weighted by atomic mass is 16.4. The minimum atomic E-state index is 0.0461. The van der Waals surface area contributed by atoms with E-state index in [0.29, 0.717) is 17.9 Å². The number of hydrogen-bond acceptors (Lipinski definition) is 4. The highest BCUT2D eigenvalue weighted by Crippen LogP contribution is 2.27. The van der Waals surface area contributed by atoms with E-state index in [4.69, 9.17) is 8.83 Å². The van der Waals surface area contributed by atoms with E-state index >= 15 is 0 Å². The van der Waals surface area contributed by atoms with Gasteiger partial charge in [0, 0.05) is 16.5 Å². The lowest BCUT2D eigenvalue weighted by Gasteiger charge is -1.96. The number of nitrogens with zero attached hydrogens (tertiary/aromatic N) is 1. The maximum atomic E-state index is 11.5. The second-order valence-corrected chi connectivity index (χ2v) is 6.59. The van der Waals surface area contributed by atoms with Gasteiger partial charge in [-0.3, -0.25) is 4.79 Å². The van der Waals surface area contributed by atoms with Crippen molar-refractivity contribution >= 4 is 16.8 Å². The van der Waals surface area contributed by atoms with Crippen molar-refractivity contribution in [3.05, 3.63) is 76.9 Å². The average Bonchev–Trinajstić information content (AvgIpc) is 3.17. The first-order chi connectivity index (χ1) is 12.5. The lowest BCUT2D eigenvalue weighted by Crippen LogP contribution is -1.89. The van der Waals surface area contributed by atoms with Crippen molar-refractivity contribution < 1.29 is 13.6 Å². The zero-order chi connectivity index (χ0) is 18.3. The van der Waals surface area contributed by atoms with Crippen molar-refractivity contribution in [3.63, 3.8) is 0 Å². The molecule has 4 aromatic rings. The molecular weight excluding hydrogens is 326 g/mol. The number of aryl methyl sites for hydroxylation is 2. The van der Waals surface area contributed by atoms with E-state index in [1.807, 2.05) is 50.2 Å². The first-order valence-corrected chi connectivity index (χ1v) is 8.56. The summed E-state index contributed by atoms with van der Waals surface area (Å²) in [4.78, 5) is 16.2. The number of furan rings is 1. The van der Waals surface area contributed by atoms with Crippen molar-refractivity contribution in [2.75, 3.05) is 0 Å². The number of carbonyl (C=O) groups excluding carboxylic acids is 1. The molecule has 0 amide bonds. The molecule has 0 radical (unpaired) electrons. The van der Waals surface area contributed by atoms with Crippen LogP contribution in [0.5, 0.6) is 0 Å². The van der Waals surface area contributed by atoms with Gasteiger partial charge in [-0.1, -0.05) is 17.7 Å². The quantitative estimate of drug-likeness (QED) is 0.458. The Morgan fingerprint density at radius 3 is 2.65 bits per heavy atom. The molecule has 2 aromatic carbocycles. The molecule has 26 heavy (non-hydrogen) atoms. The molecule has 4 rings (SSSR count). The SMILES string of the molecule is CC(=O)c1ccc2oc(Cc3nc(-c4cccc(C)c4)oc3C)cc2c1. The van der Waals surface area contributed by atoms with E-state index in [-0.39, 0.29) is 5.78 Å². The molecule has 0 unspecified atom stereocenters. The summed E-state index contributed by atoms with van der Waals surface area (Å²) < 4.78 is 11.8. The third kappa shape index (κ3) is 3.06. The average molecular weight is 345 g/mol. The second kappa shape index (κ2) is 6.30. The maximum Gasteiger partial charge on any atom is 0.226 e. The van der Waals surface area contributed by atoms with Crippen molar-refractivity contribution in [3.8, 4) is 11.5 Å². The Bertz CT molecular complexity index is 1120. The number of Topliss-reactive ketones (excluding diaryl/α,β-unsaturated/α-hetero) is 1. The van der Waals surface area contributed by atoms with Gasteiger partial charge in [-0.15, -0.1) is 0 Å². The van der Waals surface area contributed by atoms with Gasteiger partial charge in [-0.25, -0.2) is 4.98 Å². The van der Waals surface area contributed by atoms with Gasteiger partial charge in [0.05, 0.1) is 12.1 Å². The van der Waals surface area contributed by atoms with Crippen molar-refractivity contribution in [2.24, 2.45) is 0 Å². The fourth-order valence-electron chi connectivity index (χ4n) is 3.06. The molecule has 0 N–H and O–H groups in total. The summed E-state index contributed by atoms with van der Waals surface area (Å²) in [7, 11) is 0. The minimum absolute atomic E-state index is 0.0461. The molecule has 4 heteroatoms. The predicted octanol–water partition coefficient (Wildman–Crippen LogP) is 5.50. The Hall–Kier alpha value is -3.14. The molecule has 0 aliphatic heterocycles. The molecule has 2 heterocycles. The predicted molar refractivity (Wildman–Crippen MR) is 100 cm³/mol. The Morgan fingerprint density at radius 1 is 1.04 bits per heavy atom. The summed E-state index contributed by atoms with van der Waals surface area (Å²) in [6.45, 7) is 5.52. The molecule has 0 spiro atoms. The molecule has 0 saturated carbocycles. The fraction of sp³-hybridized carbons (Fsp3) is 0.182. The van der Waals surface area contributed by atoms with Crippen LogP contribution in [-0.2, 0) is 6.42 Å². The van der Waals surface area contributed by atoms with E-state index in [0.717, 1.165) is 33.7 Å². The fourth-order valence-corrected chi connectivity index (χ4v) is 3.06. The third-order valence-electron chi connectivity index (χ3n) is 4.47. The van der Waals surface area contributed by atoms with Crippen LogP contribution in [-0.4, -0.2) is 10.8 Å². The zero-order valence-corrected chi connectivity index (χ0v) is 15.0. The summed E-state index contributed by atoms with van der Waals surface area (Å²) in [5, 5.41) is 0.924. The van der Waals surface area contributed by atoms with Crippen molar-refractivity contribution in [2.45, 2.75) is 27.2 Å². The van der Waals surface area contributed by atoms with Gasteiger partial charge < -0.3 is 8.83 Å². The van der Waals surface area contributed by atoms with Crippen LogP contribution in [0.2, 0.25) is 0 Å². The zero-order valence-electron chi connectivity index (χ0n) is 15.0. The smallest absolute Gasteiger partial charge is 0.226 e. The van der Waals surface area contributed by atoms with Crippen LogP contribution in [0.3, 0.4) is 0 Å². The molecule has 130 valence electrons. The number of carbonyl (C=O) groups is 1. The Kier molecular flexibility index (Phi) is 3.96. The molecule has 0 fully saturated rings. The van der Waals surface area contributed by atoms with E-state index in [2.05, 4.69) is 11.1 Å². The van der Waals surface area contributed by atoms with E-state index in [1.165, 1.54) is 5.56 Å². The van der Waals surface area contributed by atoms with Crippen LogP contribution in [0.4, 0.5) is 0 Å². The van der Waals surface area contributed by atoms with Gasteiger partial charge in [-0.2, -0.15) is 0 Å². The van der Waals surface area contributed by atoms with Gasteiger partial charge >= 0.3 is 0 Å². The number of ketones is 1. The molecule has 0 bridgehead atoms. The first-order valence-electron chi connectivity index (χ1n) is 8.56. The second-order valence-electron chi connectivity index (χ2n) is 6.59. The molecule has 2 aromatic heterocycles. The van der Waals surface area contributed by atoms with Crippen LogP contribution in [0.1, 0.15) is 40.1 Å². The van der Waals surface area contributed by atoms with Gasteiger partial charge in [0.15, 0.2) is 5.78 Å². The number of rotatable bonds is 4. The summed E-state index contributed by atoms with van der Waals surface area (Å²) >= 11 is 0. The number of aromatic nitrogens is 1. The number of hydrogen-bond donors (Lipinski definition) is 0. The number of fused-ring (bicyclic) bond motifs is 1. The highest BCUT2D eigenvalue weighted by Gasteiger charge is 2.15. The molecule has 0 aliphatic carbocycles. The largest absolute Gasteiger partial charge is 0.461 e. The van der Waals surface area contributed by atoms with Crippen molar-refractivity contribution in [1.82, 2.24) is 4.98 Å². The Balaban J connectivity index is 1.65. The molecule has 0 atom stereocenters. The van der Waals surface area contributed by atoms with E-state index in [9.17, 15) is 4.79 Å². The van der Waals surface area contributed by atoms with Crippen LogP contribution in [0.15, 0.2) is 57.4 Å². The van der Waals surface area contributed by atoms with Crippen LogP contribution in [0.25, 0.3) is 22.4 Å². The normalized spacial score (nSPS) is 11.2. The van der Waals surface area contributed by atoms with Gasteiger partial charge in [0.2, 0.25) is 5.89 Å². The monoisotopic (exact) mass is 345 g/mol. The standard InChI is InChI=1S/C22H19NO3/c1-13-5-4-6-17(9-13)22-23-20(15(3)25-22)12-19-11-18-10-16(14(2)24)7-8-21(18)26-19/h4-11H,12H2,1-3H3.